The maximum atomic E-state index is 14.6. The number of para-hydroxylation sites is 1. The lowest BCUT2D eigenvalue weighted by Crippen LogP contribution is -2.55. The number of carbonyl (C=O) groups is 3. The zero-order chi connectivity index (χ0) is 37.9. The average molecular weight is 731 g/mol. The average Bonchev–Trinajstić information content (AvgIpc) is 3.56. The Morgan fingerprint density at radius 2 is 1.81 bits per heavy atom. The molecule has 2 aliphatic heterocycles. The van der Waals surface area contributed by atoms with E-state index < -0.39 is 47.2 Å². The SMILES string of the molecule is CCN1C(=O)C(NC(=O)c2cccc(C(F)(F)F)c2)[C@@H](c2ccc(F)cc2)c2c(C(=O)[N+](C)=C(C#N)CCN3CCCOC3)nn(-c3ccccc3)c21. The highest BCUT2D eigenvalue weighted by molar-refractivity contribution is 6.08. The van der Waals surface area contributed by atoms with Gasteiger partial charge >= 0.3 is 12.1 Å². The highest BCUT2D eigenvalue weighted by atomic mass is 19.4. The van der Waals surface area contributed by atoms with Crippen molar-refractivity contribution < 1.29 is 41.3 Å². The van der Waals surface area contributed by atoms with Gasteiger partial charge in [0.2, 0.25) is 5.69 Å². The minimum atomic E-state index is -4.73. The summed E-state index contributed by atoms with van der Waals surface area (Å²) in [6.45, 7) is 4.02. The van der Waals surface area contributed by atoms with Crippen LogP contribution in [-0.2, 0) is 15.7 Å². The predicted molar refractivity (Wildman–Crippen MR) is 185 cm³/mol. The standard InChI is InChI=1S/C38H35F4N7O4/c1-3-48-35-31(30(24-13-15-27(39)16-14-24)32(37(48)52)44-34(50)25-9-7-10-26(21-25)38(40,41)42)33(45-49(35)28-11-5-4-6-12-28)36(51)46(2)29(22-43)17-19-47-18-8-20-53-23-47/h4-7,9-16,21,30,32H,3,8,17-20,23H2,1-2H3/p+1/t30-,32?/m0/s1. The molecule has 0 aliphatic carbocycles. The minimum Gasteiger partial charge on any atom is -0.366 e. The summed E-state index contributed by atoms with van der Waals surface area (Å²) >= 11 is 0. The van der Waals surface area contributed by atoms with Crippen LogP contribution >= 0.6 is 0 Å². The highest BCUT2D eigenvalue weighted by Crippen LogP contribution is 2.44. The fourth-order valence-corrected chi connectivity index (χ4v) is 6.67. The van der Waals surface area contributed by atoms with Gasteiger partial charge < -0.3 is 10.1 Å². The number of aromatic nitrogens is 2. The first-order chi connectivity index (χ1) is 25.4. The first kappa shape index (κ1) is 37.1. The van der Waals surface area contributed by atoms with E-state index in [2.05, 4.69) is 11.4 Å². The predicted octanol–water partition coefficient (Wildman–Crippen LogP) is 5.14. The van der Waals surface area contributed by atoms with Crippen LogP contribution in [-0.4, -0.2) is 88.8 Å². The molecule has 3 heterocycles. The topological polar surface area (TPSA) is 124 Å². The van der Waals surface area contributed by atoms with Crippen LogP contribution in [0, 0.1) is 17.1 Å². The maximum Gasteiger partial charge on any atom is 0.440 e. The Hall–Kier alpha value is -5.72. The zero-order valence-electron chi connectivity index (χ0n) is 28.9. The number of ether oxygens (including phenoxy) is 1. The molecule has 1 N–H and O–H groups in total. The molecule has 6 rings (SSSR count). The van der Waals surface area contributed by atoms with Crippen molar-refractivity contribution in [3.05, 3.63) is 113 Å². The van der Waals surface area contributed by atoms with Crippen molar-refractivity contribution in [2.75, 3.05) is 44.9 Å². The van der Waals surface area contributed by atoms with Crippen molar-refractivity contribution in [1.29, 1.82) is 5.26 Å². The summed E-state index contributed by atoms with van der Waals surface area (Å²) in [5.74, 6) is -3.82. The van der Waals surface area contributed by atoms with Gasteiger partial charge in [-0.3, -0.25) is 19.4 Å². The number of fused-ring (bicyclic) bond motifs is 1. The molecule has 2 aliphatic rings. The molecule has 3 amide bonds. The molecule has 0 radical (unpaired) electrons. The molecule has 1 aromatic heterocycles. The normalized spacial score (nSPS) is 18.2. The third kappa shape index (κ3) is 7.60. The van der Waals surface area contributed by atoms with Crippen LogP contribution < -0.4 is 10.2 Å². The Morgan fingerprint density at radius 1 is 1.08 bits per heavy atom. The van der Waals surface area contributed by atoms with Crippen molar-refractivity contribution in [2.24, 2.45) is 0 Å². The summed E-state index contributed by atoms with van der Waals surface area (Å²) in [5.41, 5.74) is -0.363. The van der Waals surface area contributed by atoms with Crippen molar-refractivity contribution in [2.45, 2.75) is 37.9 Å². The monoisotopic (exact) mass is 730 g/mol. The summed E-state index contributed by atoms with van der Waals surface area (Å²) in [6.07, 6.45) is -3.67. The Balaban J connectivity index is 1.52. The molecule has 1 unspecified atom stereocenters. The molecular formula is C38H36F4N7O4+. The number of anilines is 1. The van der Waals surface area contributed by atoms with E-state index in [1.807, 2.05) is 4.90 Å². The van der Waals surface area contributed by atoms with Crippen molar-refractivity contribution in [3.63, 3.8) is 0 Å². The van der Waals surface area contributed by atoms with Crippen LogP contribution in [0.3, 0.4) is 0 Å². The van der Waals surface area contributed by atoms with Gasteiger partial charge in [-0.2, -0.15) is 28.1 Å². The van der Waals surface area contributed by atoms with Crippen LogP contribution in [0.4, 0.5) is 23.4 Å². The van der Waals surface area contributed by atoms with Crippen molar-refractivity contribution in [1.82, 2.24) is 20.0 Å². The van der Waals surface area contributed by atoms with E-state index in [9.17, 15) is 37.2 Å². The largest absolute Gasteiger partial charge is 0.440 e. The molecular weight excluding hydrogens is 694 g/mol. The number of amides is 3. The number of carbonyl (C=O) groups excluding carboxylic acids is 3. The molecule has 11 nitrogen and oxygen atoms in total. The Bertz CT molecular complexity index is 2090. The van der Waals surface area contributed by atoms with Gasteiger partial charge in [-0.1, -0.05) is 36.4 Å². The smallest absolute Gasteiger partial charge is 0.366 e. The van der Waals surface area contributed by atoms with Crippen LogP contribution in [0.2, 0.25) is 0 Å². The first-order valence-corrected chi connectivity index (χ1v) is 17.0. The number of hydrogen-bond acceptors (Lipinski definition) is 7. The van der Waals surface area contributed by atoms with Gasteiger partial charge in [0.05, 0.1) is 24.4 Å². The molecule has 0 spiro atoms. The molecule has 0 saturated carbocycles. The number of rotatable bonds is 9. The van der Waals surface area contributed by atoms with E-state index in [-0.39, 0.29) is 41.3 Å². The van der Waals surface area contributed by atoms with Gasteiger partial charge in [-0.15, -0.1) is 0 Å². The lowest BCUT2D eigenvalue weighted by atomic mass is 9.80. The summed E-state index contributed by atoms with van der Waals surface area (Å²) in [4.78, 5) is 46.2. The van der Waals surface area contributed by atoms with E-state index >= 15 is 0 Å². The van der Waals surface area contributed by atoms with E-state index in [4.69, 9.17) is 9.84 Å². The van der Waals surface area contributed by atoms with Crippen LogP contribution in [0.15, 0.2) is 78.9 Å². The van der Waals surface area contributed by atoms with E-state index in [1.54, 1.807) is 37.3 Å². The maximum absolute atomic E-state index is 14.6. The van der Waals surface area contributed by atoms with Gasteiger partial charge in [0.25, 0.3) is 17.5 Å². The van der Waals surface area contributed by atoms with Gasteiger partial charge in [0.1, 0.15) is 24.7 Å². The quantitative estimate of drug-likeness (QED) is 0.144. The van der Waals surface area contributed by atoms with E-state index in [1.165, 1.54) is 51.5 Å². The molecule has 2 atom stereocenters. The number of halogens is 4. The van der Waals surface area contributed by atoms with Gasteiger partial charge in [-0.05, 0) is 61.4 Å². The fraction of sp³-hybridized carbons (Fsp3) is 0.316. The minimum absolute atomic E-state index is 0.0490. The van der Waals surface area contributed by atoms with Crippen LogP contribution in [0.1, 0.15) is 63.2 Å². The second kappa shape index (κ2) is 15.5. The van der Waals surface area contributed by atoms with E-state index in [0.717, 1.165) is 25.1 Å². The number of nitrogens with one attached hydrogen (secondary N) is 1. The summed E-state index contributed by atoms with van der Waals surface area (Å²) in [7, 11) is 1.45. The summed E-state index contributed by atoms with van der Waals surface area (Å²) in [5, 5.41) is 17.6. The van der Waals surface area contributed by atoms with E-state index in [0.29, 0.717) is 37.2 Å². The molecule has 15 heteroatoms. The first-order valence-electron chi connectivity index (χ1n) is 17.0. The summed E-state index contributed by atoms with van der Waals surface area (Å²) < 4.78 is 63.2. The molecule has 1 saturated heterocycles. The zero-order valence-corrected chi connectivity index (χ0v) is 28.9. The number of hydrogen-bond donors (Lipinski definition) is 1. The lowest BCUT2D eigenvalue weighted by molar-refractivity contribution is -0.394. The fourth-order valence-electron chi connectivity index (χ4n) is 6.67. The van der Waals surface area contributed by atoms with Crippen molar-refractivity contribution >= 4 is 29.3 Å². The Kier molecular flexibility index (Phi) is 10.8. The molecule has 0 bridgehead atoms. The number of nitriles is 1. The Morgan fingerprint density at radius 3 is 2.45 bits per heavy atom. The molecule has 4 aromatic rings. The molecule has 1 fully saturated rings. The van der Waals surface area contributed by atoms with Gasteiger partial charge in [-0.25, -0.2) is 13.9 Å². The van der Waals surface area contributed by atoms with Gasteiger partial charge in [0, 0.05) is 43.3 Å². The van der Waals surface area contributed by atoms with Crippen molar-refractivity contribution in [3.8, 4) is 11.8 Å². The molecule has 274 valence electrons. The molecule has 3 aromatic carbocycles. The summed E-state index contributed by atoms with van der Waals surface area (Å²) in [6, 6.07) is 18.3. The number of benzene rings is 3. The molecule has 53 heavy (non-hydrogen) atoms. The number of nitrogens with zero attached hydrogens (tertiary/aromatic N) is 6. The second-order valence-electron chi connectivity index (χ2n) is 12.7. The lowest BCUT2D eigenvalue weighted by Gasteiger charge is -2.38. The second-order valence-corrected chi connectivity index (χ2v) is 12.7. The third-order valence-corrected chi connectivity index (χ3v) is 9.36. The highest BCUT2D eigenvalue weighted by Gasteiger charge is 2.49. The number of likely N-dealkylation sites (N-methyl/N-ethyl adjacent to an activating group) is 1. The third-order valence-electron chi connectivity index (χ3n) is 9.36. The van der Waals surface area contributed by atoms with Gasteiger partial charge in [0.15, 0.2) is 6.07 Å². The van der Waals surface area contributed by atoms with Crippen LogP contribution in [0.25, 0.3) is 5.69 Å². The number of alkyl halides is 3. The van der Waals surface area contributed by atoms with Crippen LogP contribution in [0.5, 0.6) is 0 Å². The Labute approximate surface area is 302 Å².